The molecule has 30 heavy (non-hydrogen) atoms. The molecule has 8 nitrogen and oxygen atoms in total. The van der Waals surface area contributed by atoms with Crippen molar-refractivity contribution < 1.29 is 22.7 Å². The second-order valence-corrected chi connectivity index (χ2v) is 6.77. The van der Waals surface area contributed by atoms with Gasteiger partial charge in [-0.05, 0) is 32.0 Å². The molecule has 1 amide bonds. The summed E-state index contributed by atoms with van der Waals surface area (Å²) in [5, 5.41) is 8.40. The Labute approximate surface area is 170 Å². The monoisotopic (exact) mass is 422 g/mol. The first kappa shape index (κ1) is 21.2. The lowest BCUT2D eigenvalue weighted by Gasteiger charge is -2.13. The minimum absolute atomic E-state index is 0.00862. The van der Waals surface area contributed by atoms with E-state index in [1.165, 1.54) is 0 Å². The fourth-order valence-electron chi connectivity index (χ4n) is 2.62. The molecule has 160 valence electrons. The van der Waals surface area contributed by atoms with E-state index in [0.29, 0.717) is 22.5 Å². The molecule has 0 bridgehead atoms. The number of anilines is 3. The van der Waals surface area contributed by atoms with Gasteiger partial charge in [0, 0.05) is 24.0 Å². The molecule has 0 radical (unpaired) electrons. The van der Waals surface area contributed by atoms with Crippen LogP contribution in [-0.4, -0.2) is 46.2 Å². The van der Waals surface area contributed by atoms with Crippen LogP contribution in [0.25, 0.3) is 11.0 Å². The lowest BCUT2D eigenvalue weighted by molar-refractivity contribution is -0.123. The Kier molecular flexibility index (Phi) is 6.28. The quantitative estimate of drug-likeness (QED) is 0.442. The minimum Gasteiger partial charge on any atom is -0.484 e. The Morgan fingerprint density at radius 3 is 2.77 bits per heavy atom. The van der Waals surface area contributed by atoms with Crippen LogP contribution in [0, 0.1) is 0 Å². The Hall–Kier alpha value is -3.50. The molecule has 2 aromatic heterocycles. The minimum atomic E-state index is -4.38. The molecule has 3 aromatic rings. The number of H-pyrrole nitrogens is 1. The van der Waals surface area contributed by atoms with Gasteiger partial charge in [0.1, 0.15) is 23.8 Å². The van der Waals surface area contributed by atoms with Crippen molar-refractivity contribution in [1.82, 2.24) is 20.3 Å². The predicted molar refractivity (Wildman–Crippen MR) is 107 cm³/mol. The van der Waals surface area contributed by atoms with Gasteiger partial charge in [0.25, 0.3) is 5.91 Å². The standard InChI is InChI=1S/C19H21F3N6O2/c1-11(2)25-15(29)9-30-13-5-3-4-12(8-13)26-18-27-16-14(6-7-23-16)17(28-18)24-10-19(20,21)22/h3-8,11H,9-10H2,1-2H3,(H,25,29)(H3,23,24,26,27,28). The van der Waals surface area contributed by atoms with Gasteiger partial charge in [0.2, 0.25) is 5.95 Å². The zero-order valence-electron chi connectivity index (χ0n) is 16.3. The van der Waals surface area contributed by atoms with Gasteiger partial charge in [-0.2, -0.15) is 23.1 Å². The molecule has 3 rings (SSSR count). The smallest absolute Gasteiger partial charge is 0.405 e. The highest BCUT2D eigenvalue weighted by Crippen LogP contribution is 2.25. The maximum absolute atomic E-state index is 12.6. The van der Waals surface area contributed by atoms with Gasteiger partial charge >= 0.3 is 6.18 Å². The lowest BCUT2D eigenvalue weighted by Crippen LogP contribution is -2.34. The molecule has 0 aliphatic carbocycles. The first-order valence-corrected chi connectivity index (χ1v) is 9.14. The fourth-order valence-corrected chi connectivity index (χ4v) is 2.62. The summed E-state index contributed by atoms with van der Waals surface area (Å²) >= 11 is 0. The van der Waals surface area contributed by atoms with E-state index in [2.05, 4.69) is 30.9 Å². The molecular weight excluding hydrogens is 401 g/mol. The van der Waals surface area contributed by atoms with Crippen molar-refractivity contribution in [1.29, 1.82) is 0 Å². The number of halogens is 3. The van der Waals surface area contributed by atoms with E-state index in [9.17, 15) is 18.0 Å². The molecule has 0 saturated heterocycles. The number of amides is 1. The van der Waals surface area contributed by atoms with Gasteiger partial charge in [0.05, 0.1) is 5.39 Å². The third-order valence-electron chi connectivity index (χ3n) is 3.78. The highest BCUT2D eigenvalue weighted by molar-refractivity contribution is 5.88. The number of benzene rings is 1. The second-order valence-electron chi connectivity index (χ2n) is 6.77. The predicted octanol–water partition coefficient (Wildman–Crippen LogP) is 3.58. The zero-order valence-corrected chi connectivity index (χ0v) is 16.3. The van der Waals surface area contributed by atoms with Crippen molar-refractivity contribution in [3.63, 3.8) is 0 Å². The molecule has 0 atom stereocenters. The number of nitrogens with one attached hydrogen (secondary N) is 4. The van der Waals surface area contributed by atoms with Crippen molar-refractivity contribution in [2.24, 2.45) is 0 Å². The molecule has 1 aromatic carbocycles. The molecule has 0 fully saturated rings. The van der Waals surface area contributed by atoms with E-state index in [1.54, 1.807) is 36.5 Å². The number of carbonyl (C=O) groups is 1. The Bertz CT molecular complexity index is 1020. The molecule has 0 aliphatic rings. The number of aromatic amines is 1. The second kappa shape index (κ2) is 8.89. The number of alkyl halides is 3. The average Bonchev–Trinajstić information content (AvgIpc) is 3.12. The van der Waals surface area contributed by atoms with E-state index in [4.69, 9.17) is 4.74 Å². The van der Waals surface area contributed by atoms with Gasteiger partial charge < -0.3 is 25.7 Å². The maximum atomic E-state index is 12.6. The number of nitrogens with zero attached hydrogens (tertiary/aromatic N) is 2. The molecule has 0 unspecified atom stereocenters. The Morgan fingerprint density at radius 1 is 1.23 bits per heavy atom. The van der Waals surface area contributed by atoms with Gasteiger partial charge in [-0.3, -0.25) is 4.79 Å². The zero-order chi connectivity index (χ0) is 21.7. The highest BCUT2D eigenvalue weighted by Gasteiger charge is 2.27. The number of hydrogen-bond donors (Lipinski definition) is 4. The van der Waals surface area contributed by atoms with Gasteiger partial charge in [-0.1, -0.05) is 6.07 Å². The SMILES string of the molecule is CC(C)NC(=O)COc1cccc(Nc2nc(NCC(F)(F)F)c3cc[nH]c3n2)c1. The summed E-state index contributed by atoms with van der Waals surface area (Å²) in [7, 11) is 0. The van der Waals surface area contributed by atoms with Crippen LogP contribution in [0.1, 0.15) is 13.8 Å². The summed E-state index contributed by atoms with van der Waals surface area (Å²) in [5.74, 6) is 0.350. The summed E-state index contributed by atoms with van der Waals surface area (Å²) in [4.78, 5) is 23.0. The molecular formula is C19H21F3N6O2. The van der Waals surface area contributed by atoms with Crippen LogP contribution in [0.5, 0.6) is 5.75 Å². The van der Waals surface area contributed by atoms with E-state index < -0.39 is 12.7 Å². The number of fused-ring (bicyclic) bond motifs is 1. The van der Waals surface area contributed by atoms with Crippen LogP contribution in [0.2, 0.25) is 0 Å². The molecule has 11 heteroatoms. The van der Waals surface area contributed by atoms with Crippen LogP contribution in [-0.2, 0) is 4.79 Å². The van der Waals surface area contributed by atoms with E-state index in [0.717, 1.165) is 0 Å². The van der Waals surface area contributed by atoms with Crippen LogP contribution in [0.4, 0.5) is 30.6 Å². The topological polar surface area (TPSA) is 104 Å². The number of rotatable bonds is 8. The Balaban J connectivity index is 1.73. The van der Waals surface area contributed by atoms with E-state index in [1.807, 2.05) is 13.8 Å². The summed E-state index contributed by atoms with van der Waals surface area (Å²) in [5.41, 5.74) is 0.930. The summed E-state index contributed by atoms with van der Waals surface area (Å²) in [6.45, 7) is 2.34. The average molecular weight is 422 g/mol. The normalized spacial score (nSPS) is 11.5. The van der Waals surface area contributed by atoms with Gasteiger partial charge in [-0.15, -0.1) is 0 Å². The largest absolute Gasteiger partial charge is 0.484 e. The van der Waals surface area contributed by atoms with Crippen molar-refractivity contribution in [3.05, 3.63) is 36.5 Å². The third kappa shape index (κ3) is 6.00. The molecule has 2 heterocycles. The third-order valence-corrected chi connectivity index (χ3v) is 3.78. The van der Waals surface area contributed by atoms with E-state index >= 15 is 0 Å². The van der Waals surface area contributed by atoms with Crippen molar-refractivity contribution in [3.8, 4) is 5.75 Å². The molecule has 0 saturated carbocycles. The lowest BCUT2D eigenvalue weighted by atomic mass is 10.3. The Morgan fingerprint density at radius 2 is 2.03 bits per heavy atom. The number of carbonyl (C=O) groups excluding carboxylic acids is 1. The van der Waals surface area contributed by atoms with Gasteiger partial charge in [0.15, 0.2) is 6.61 Å². The van der Waals surface area contributed by atoms with Gasteiger partial charge in [-0.25, -0.2) is 0 Å². The van der Waals surface area contributed by atoms with Crippen molar-refractivity contribution in [2.45, 2.75) is 26.1 Å². The first-order valence-electron chi connectivity index (χ1n) is 9.14. The first-order chi connectivity index (χ1) is 14.2. The number of hydrogen-bond acceptors (Lipinski definition) is 6. The highest BCUT2D eigenvalue weighted by atomic mass is 19.4. The van der Waals surface area contributed by atoms with Crippen LogP contribution >= 0.6 is 0 Å². The van der Waals surface area contributed by atoms with Crippen LogP contribution in [0.3, 0.4) is 0 Å². The number of aromatic nitrogens is 3. The maximum Gasteiger partial charge on any atom is 0.405 e. The molecule has 4 N–H and O–H groups in total. The number of ether oxygens (including phenoxy) is 1. The summed E-state index contributed by atoms with van der Waals surface area (Å²) in [6.07, 6.45) is -2.81. The van der Waals surface area contributed by atoms with Crippen molar-refractivity contribution in [2.75, 3.05) is 23.8 Å². The molecule has 0 spiro atoms. The van der Waals surface area contributed by atoms with E-state index in [-0.39, 0.29) is 30.3 Å². The summed E-state index contributed by atoms with van der Waals surface area (Å²) < 4.78 is 43.2. The fraction of sp³-hybridized carbons (Fsp3) is 0.316. The van der Waals surface area contributed by atoms with Crippen LogP contribution in [0.15, 0.2) is 36.5 Å². The summed E-state index contributed by atoms with van der Waals surface area (Å²) in [6, 6.07) is 8.33. The molecule has 0 aliphatic heterocycles. The van der Waals surface area contributed by atoms with Crippen molar-refractivity contribution >= 4 is 34.4 Å². The van der Waals surface area contributed by atoms with Crippen LogP contribution < -0.4 is 20.7 Å².